The summed E-state index contributed by atoms with van der Waals surface area (Å²) in [4.78, 5) is 38.9. The highest BCUT2D eigenvalue weighted by Gasteiger charge is 2.26. The zero-order chi connectivity index (χ0) is 24.5. The Balaban J connectivity index is 1.92. The third kappa shape index (κ3) is 4.41. The molecule has 3 rings (SSSR count). The largest absolute Gasteiger partial charge is 0.497 e. The molecule has 3 aromatic rings. The second-order valence-electron chi connectivity index (χ2n) is 7.48. The van der Waals surface area contributed by atoms with Crippen molar-refractivity contribution in [1.29, 1.82) is 0 Å². The molecule has 0 bridgehead atoms. The number of anilines is 1. The Bertz CT molecular complexity index is 1420. The second kappa shape index (κ2) is 9.20. The number of carbonyl (C=O) groups is 1. The summed E-state index contributed by atoms with van der Waals surface area (Å²) in [7, 11) is 1.59. The lowest BCUT2D eigenvalue weighted by Gasteiger charge is -2.24. The molecule has 0 aliphatic carbocycles. The van der Waals surface area contributed by atoms with Crippen molar-refractivity contribution < 1.29 is 17.9 Å². The van der Waals surface area contributed by atoms with Crippen LogP contribution in [-0.2, 0) is 28.9 Å². The van der Waals surface area contributed by atoms with Crippen molar-refractivity contribution in [3.05, 3.63) is 63.3 Å². The summed E-state index contributed by atoms with van der Waals surface area (Å²) in [5, 5.41) is 0.0915. The molecule has 0 saturated heterocycles. The number of methoxy groups -OCH3 is 1. The maximum atomic E-state index is 13.2. The third-order valence-electron chi connectivity index (χ3n) is 5.51. The first-order valence-corrected chi connectivity index (χ1v) is 11.6. The Morgan fingerprint density at radius 3 is 2.24 bits per heavy atom. The van der Waals surface area contributed by atoms with Gasteiger partial charge in [-0.25, -0.2) is 13.2 Å². The van der Waals surface area contributed by atoms with E-state index in [4.69, 9.17) is 4.74 Å². The van der Waals surface area contributed by atoms with E-state index in [9.17, 15) is 22.8 Å². The van der Waals surface area contributed by atoms with E-state index in [1.165, 1.54) is 48.8 Å². The summed E-state index contributed by atoms with van der Waals surface area (Å²) >= 11 is 0. The van der Waals surface area contributed by atoms with Gasteiger partial charge >= 0.3 is 5.69 Å². The molecule has 1 amide bonds. The molecule has 0 atom stereocenters. The molecular weight excluding hydrogens is 448 g/mol. The quantitative estimate of drug-likeness (QED) is 0.504. The lowest BCUT2D eigenvalue weighted by atomic mass is 10.2. The van der Waals surface area contributed by atoms with Crippen molar-refractivity contribution in [2.45, 2.75) is 11.8 Å². The van der Waals surface area contributed by atoms with Crippen molar-refractivity contribution >= 4 is 32.5 Å². The van der Waals surface area contributed by atoms with Gasteiger partial charge in [0.2, 0.25) is 15.9 Å². The summed E-state index contributed by atoms with van der Waals surface area (Å²) in [6.45, 7) is 1.74. The highest BCUT2D eigenvalue weighted by atomic mass is 32.2. The van der Waals surface area contributed by atoms with Gasteiger partial charge in [0, 0.05) is 33.4 Å². The normalized spacial score (nSPS) is 11.7. The Labute approximate surface area is 191 Å². The lowest BCUT2D eigenvalue weighted by Crippen LogP contribution is -2.41. The van der Waals surface area contributed by atoms with Crippen LogP contribution in [0.5, 0.6) is 5.75 Å². The van der Waals surface area contributed by atoms with Crippen molar-refractivity contribution in [3.63, 3.8) is 0 Å². The van der Waals surface area contributed by atoms with E-state index in [0.717, 1.165) is 8.87 Å². The lowest BCUT2D eigenvalue weighted by molar-refractivity contribution is -0.118. The molecule has 1 aromatic heterocycles. The van der Waals surface area contributed by atoms with Gasteiger partial charge in [0.05, 0.1) is 29.5 Å². The molecule has 0 radical (unpaired) electrons. The molecule has 0 spiro atoms. The topological polar surface area (TPSA) is 111 Å². The minimum absolute atomic E-state index is 0.0915. The highest BCUT2D eigenvalue weighted by molar-refractivity contribution is 7.89. The fourth-order valence-electron chi connectivity index (χ4n) is 3.54. The smallest absolute Gasteiger partial charge is 0.330 e. The first kappa shape index (κ1) is 24.2. The van der Waals surface area contributed by atoms with E-state index in [-0.39, 0.29) is 10.3 Å². The number of hydrogen-bond donors (Lipinski definition) is 0. The van der Waals surface area contributed by atoms with E-state index < -0.39 is 33.7 Å². The van der Waals surface area contributed by atoms with E-state index in [0.29, 0.717) is 23.5 Å². The number of rotatable bonds is 7. The molecule has 176 valence electrons. The summed E-state index contributed by atoms with van der Waals surface area (Å²) in [6, 6.07) is 10.8. The second-order valence-corrected chi connectivity index (χ2v) is 9.53. The predicted molar refractivity (Wildman–Crippen MR) is 125 cm³/mol. The first-order valence-electron chi connectivity index (χ1n) is 10.1. The van der Waals surface area contributed by atoms with E-state index in [2.05, 4.69) is 0 Å². The molecular formula is C22H26N4O6S. The number of ether oxygens (including phenoxy) is 1. The van der Waals surface area contributed by atoms with Crippen LogP contribution in [0, 0.1) is 0 Å². The fraction of sp³-hybridized carbons (Fsp3) is 0.318. The maximum Gasteiger partial charge on any atom is 0.330 e. The van der Waals surface area contributed by atoms with Crippen LogP contribution in [0.1, 0.15) is 6.92 Å². The summed E-state index contributed by atoms with van der Waals surface area (Å²) in [6.07, 6.45) is 0. The summed E-state index contributed by atoms with van der Waals surface area (Å²) < 4.78 is 34.6. The Morgan fingerprint density at radius 2 is 1.67 bits per heavy atom. The van der Waals surface area contributed by atoms with Crippen molar-refractivity contribution in [2.24, 2.45) is 14.1 Å². The molecule has 11 heteroatoms. The van der Waals surface area contributed by atoms with Crippen molar-refractivity contribution in [2.75, 3.05) is 32.1 Å². The fourth-order valence-corrected chi connectivity index (χ4v) is 4.69. The van der Waals surface area contributed by atoms with Crippen LogP contribution in [0.15, 0.2) is 56.9 Å². The number of aromatic nitrogens is 2. The van der Waals surface area contributed by atoms with Crippen LogP contribution < -0.4 is 20.9 Å². The number of benzene rings is 2. The number of likely N-dealkylation sites (N-methyl/N-ethyl adjacent to an activating group) is 2. The number of aryl methyl sites for hydroxylation is 1. The zero-order valence-corrected chi connectivity index (χ0v) is 19.9. The van der Waals surface area contributed by atoms with Crippen LogP contribution >= 0.6 is 0 Å². The van der Waals surface area contributed by atoms with Gasteiger partial charge in [-0.1, -0.05) is 0 Å². The monoisotopic (exact) mass is 474 g/mol. The predicted octanol–water partition coefficient (Wildman–Crippen LogP) is 0.919. The molecule has 10 nitrogen and oxygen atoms in total. The minimum atomic E-state index is -4.08. The van der Waals surface area contributed by atoms with Gasteiger partial charge in [-0.15, -0.1) is 0 Å². The number of sulfonamides is 1. The van der Waals surface area contributed by atoms with E-state index in [1.807, 2.05) is 0 Å². The molecule has 0 N–H and O–H groups in total. The van der Waals surface area contributed by atoms with Gasteiger partial charge in [-0.05, 0) is 49.4 Å². The van der Waals surface area contributed by atoms with Crippen LogP contribution in [-0.4, -0.2) is 55.0 Å². The zero-order valence-electron chi connectivity index (χ0n) is 19.1. The first-order chi connectivity index (χ1) is 15.5. The molecule has 2 aromatic carbocycles. The average Bonchev–Trinajstić information content (AvgIpc) is 2.81. The van der Waals surface area contributed by atoms with Gasteiger partial charge in [0.1, 0.15) is 5.75 Å². The van der Waals surface area contributed by atoms with Crippen molar-refractivity contribution in [1.82, 2.24) is 13.4 Å². The molecule has 1 heterocycles. The molecule has 0 aliphatic rings. The average molecular weight is 475 g/mol. The molecule has 0 aliphatic heterocycles. The number of amides is 1. The van der Waals surface area contributed by atoms with Crippen LogP contribution in [0.2, 0.25) is 0 Å². The number of carbonyl (C=O) groups excluding carboxylic acids is 1. The van der Waals surface area contributed by atoms with Gasteiger partial charge < -0.3 is 9.64 Å². The molecule has 0 saturated carbocycles. The van der Waals surface area contributed by atoms with Gasteiger partial charge in [-0.2, -0.15) is 4.31 Å². The van der Waals surface area contributed by atoms with Crippen LogP contribution in [0.25, 0.3) is 10.9 Å². The van der Waals surface area contributed by atoms with Crippen LogP contribution in [0.3, 0.4) is 0 Å². The van der Waals surface area contributed by atoms with Gasteiger partial charge in [-0.3, -0.25) is 18.7 Å². The van der Waals surface area contributed by atoms with Crippen molar-refractivity contribution in [3.8, 4) is 5.75 Å². The minimum Gasteiger partial charge on any atom is -0.497 e. The number of fused-ring (bicyclic) bond motifs is 1. The highest BCUT2D eigenvalue weighted by Crippen LogP contribution is 2.21. The third-order valence-corrected chi connectivity index (χ3v) is 7.31. The maximum absolute atomic E-state index is 13.2. The van der Waals surface area contributed by atoms with E-state index in [1.54, 1.807) is 38.3 Å². The molecule has 0 fully saturated rings. The number of nitrogens with zero attached hydrogens (tertiary/aromatic N) is 4. The summed E-state index contributed by atoms with van der Waals surface area (Å²) in [5.74, 6) is 0.231. The Morgan fingerprint density at radius 1 is 1.03 bits per heavy atom. The standard InChI is InChI=1S/C22H26N4O6S/c1-6-26(15-7-9-16(32-5)10-8-15)20(27)14-23(2)33(30,31)17-11-12-19-18(13-17)21(28)25(4)22(29)24(19)3/h7-13H,6,14H2,1-5H3. The number of hydrogen-bond acceptors (Lipinski definition) is 6. The van der Waals surface area contributed by atoms with Crippen LogP contribution in [0.4, 0.5) is 5.69 Å². The Kier molecular flexibility index (Phi) is 6.75. The molecule has 33 heavy (non-hydrogen) atoms. The van der Waals surface area contributed by atoms with E-state index >= 15 is 0 Å². The SMILES string of the molecule is CCN(C(=O)CN(C)S(=O)(=O)c1ccc2c(c1)c(=O)n(C)c(=O)n2C)c1ccc(OC)cc1. The molecule has 0 unspecified atom stereocenters. The van der Waals surface area contributed by atoms with Gasteiger partial charge in [0.15, 0.2) is 0 Å². The Hall–Kier alpha value is -3.44. The summed E-state index contributed by atoms with van der Waals surface area (Å²) in [5.41, 5.74) is -0.175. The van der Waals surface area contributed by atoms with Gasteiger partial charge in [0.25, 0.3) is 5.56 Å².